The largest absolute Gasteiger partial charge is 0.341 e. The van der Waals surface area contributed by atoms with E-state index in [4.69, 9.17) is 0 Å². The van der Waals surface area contributed by atoms with Gasteiger partial charge in [0.2, 0.25) is 0 Å². The third-order valence-corrected chi connectivity index (χ3v) is 2.66. The highest BCUT2D eigenvalue weighted by atomic mass is 19.3. The summed E-state index contributed by atoms with van der Waals surface area (Å²) in [7, 11) is 0. The van der Waals surface area contributed by atoms with Crippen LogP contribution in [-0.4, -0.2) is 18.0 Å². The highest BCUT2D eigenvalue weighted by Gasteiger charge is 2.50. The highest BCUT2D eigenvalue weighted by Crippen LogP contribution is 2.39. The van der Waals surface area contributed by atoms with Crippen molar-refractivity contribution in [1.82, 2.24) is 5.32 Å². The summed E-state index contributed by atoms with van der Waals surface area (Å²) in [6, 6.07) is 3.07. The van der Waals surface area contributed by atoms with Gasteiger partial charge in [0.05, 0.1) is 6.42 Å². The lowest BCUT2D eigenvalue weighted by atomic mass is 9.92. The number of rotatable bonds is 1. The minimum Gasteiger partial charge on any atom is -0.341 e. The number of nitrogens with one attached hydrogen (secondary N) is 1. The summed E-state index contributed by atoms with van der Waals surface area (Å²) in [6.07, 6.45) is -3.48. The first-order chi connectivity index (χ1) is 7.92. The minimum atomic E-state index is -3.50. The molecule has 6 heteroatoms. The second-order valence-electron chi connectivity index (χ2n) is 3.90. The number of hydrogen-bond donors (Lipinski definition) is 1. The Balaban J connectivity index is 2.38. The third kappa shape index (κ3) is 2.11. The summed E-state index contributed by atoms with van der Waals surface area (Å²) < 4.78 is 53.3. The minimum absolute atomic E-state index is 0.335. The Hall–Kier alpha value is -1.59. The van der Waals surface area contributed by atoms with Gasteiger partial charge in [0.1, 0.15) is 11.9 Å². The number of benzene rings is 1. The zero-order chi connectivity index (χ0) is 12.6. The van der Waals surface area contributed by atoms with Crippen LogP contribution >= 0.6 is 0 Å². The Morgan fingerprint density at radius 1 is 1.29 bits per heavy atom. The fourth-order valence-corrected chi connectivity index (χ4v) is 1.80. The van der Waals surface area contributed by atoms with Crippen LogP contribution in [0.3, 0.4) is 0 Å². The maximum Gasteiger partial charge on any atom is 0.275 e. The van der Waals surface area contributed by atoms with Crippen molar-refractivity contribution in [2.45, 2.75) is 24.6 Å². The van der Waals surface area contributed by atoms with E-state index in [2.05, 4.69) is 0 Å². The number of carbonyl (C=O) groups is 1. The first-order valence-corrected chi connectivity index (χ1v) is 4.98. The Morgan fingerprint density at radius 3 is 2.59 bits per heavy atom. The molecule has 1 aliphatic rings. The Kier molecular flexibility index (Phi) is 2.81. The van der Waals surface area contributed by atoms with Crippen molar-refractivity contribution in [1.29, 1.82) is 0 Å². The van der Waals surface area contributed by atoms with E-state index in [-0.39, 0.29) is 5.56 Å². The predicted octanol–water partition coefficient (Wildman–Crippen LogP) is 2.36. The summed E-state index contributed by atoms with van der Waals surface area (Å²) in [4.78, 5) is 11.0. The van der Waals surface area contributed by atoms with Gasteiger partial charge in [-0.2, -0.15) is 0 Å². The lowest BCUT2D eigenvalue weighted by molar-refractivity contribution is -0.146. The maximum absolute atomic E-state index is 13.5. The average molecular weight is 247 g/mol. The second-order valence-corrected chi connectivity index (χ2v) is 3.90. The van der Waals surface area contributed by atoms with E-state index >= 15 is 0 Å². The van der Waals surface area contributed by atoms with Crippen molar-refractivity contribution in [3.8, 4) is 0 Å². The van der Waals surface area contributed by atoms with Crippen molar-refractivity contribution in [3.05, 3.63) is 35.6 Å². The zero-order valence-corrected chi connectivity index (χ0v) is 8.59. The molecule has 1 aromatic carbocycles. The summed E-state index contributed by atoms with van der Waals surface area (Å²) in [5.41, 5.74) is -0.335. The quantitative estimate of drug-likeness (QED) is 0.758. The molecule has 0 bridgehead atoms. The molecule has 1 amide bonds. The molecule has 2 nitrogen and oxygen atoms in total. The van der Waals surface area contributed by atoms with Gasteiger partial charge in [-0.05, 0) is 6.07 Å². The van der Waals surface area contributed by atoms with E-state index in [1.54, 1.807) is 0 Å². The molecule has 1 aliphatic heterocycles. The number of hydrogen-bond acceptors (Lipinski definition) is 1. The van der Waals surface area contributed by atoms with Gasteiger partial charge in [-0.1, -0.05) is 18.2 Å². The standard InChI is InChI=1S/C11H9F4NO/c12-7-4-2-1-3-6(7)9-11(14,15)5-8(13)10(17)16-9/h1-4,8-9H,5H2,(H,16,17). The molecular formula is C11H9F4NO. The Morgan fingerprint density at radius 2 is 1.94 bits per heavy atom. The summed E-state index contributed by atoms with van der Waals surface area (Å²) in [6.45, 7) is 0. The number of halogens is 4. The molecule has 0 spiro atoms. The molecule has 0 aliphatic carbocycles. The van der Waals surface area contributed by atoms with E-state index in [9.17, 15) is 22.4 Å². The summed E-state index contributed by atoms with van der Waals surface area (Å²) in [5, 5.41) is 1.81. The zero-order valence-electron chi connectivity index (χ0n) is 8.59. The van der Waals surface area contributed by atoms with Crippen molar-refractivity contribution in [2.24, 2.45) is 0 Å². The molecule has 1 fully saturated rings. The van der Waals surface area contributed by atoms with Crippen LogP contribution in [0.1, 0.15) is 18.0 Å². The van der Waals surface area contributed by atoms with Crippen molar-refractivity contribution < 1.29 is 22.4 Å². The van der Waals surface area contributed by atoms with Crippen LogP contribution in [0.4, 0.5) is 17.6 Å². The van der Waals surface area contributed by atoms with Crippen molar-refractivity contribution in [2.75, 3.05) is 0 Å². The van der Waals surface area contributed by atoms with Crippen LogP contribution in [0.2, 0.25) is 0 Å². The van der Waals surface area contributed by atoms with E-state index in [0.29, 0.717) is 0 Å². The van der Waals surface area contributed by atoms with Crippen LogP contribution in [0.25, 0.3) is 0 Å². The molecule has 2 unspecified atom stereocenters. The van der Waals surface area contributed by atoms with E-state index in [0.717, 1.165) is 12.1 Å². The van der Waals surface area contributed by atoms with Crippen LogP contribution in [0.5, 0.6) is 0 Å². The summed E-state index contributed by atoms with van der Waals surface area (Å²) in [5.74, 6) is -5.49. The second kappa shape index (κ2) is 4.01. The van der Waals surface area contributed by atoms with E-state index < -0.39 is 36.3 Å². The molecule has 0 aromatic heterocycles. The molecular weight excluding hydrogens is 238 g/mol. The highest BCUT2D eigenvalue weighted by molar-refractivity contribution is 5.82. The Bertz CT molecular complexity index is 449. The van der Waals surface area contributed by atoms with Gasteiger partial charge in [-0.15, -0.1) is 0 Å². The van der Waals surface area contributed by atoms with Gasteiger partial charge in [-0.3, -0.25) is 4.79 Å². The SMILES string of the molecule is O=C1NC(c2ccccc2F)C(F)(F)CC1F. The van der Waals surface area contributed by atoms with Gasteiger partial charge >= 0.3 is 0 Å². The third-order valence-electron chi connectivity index (χ3n) is 2.66. The predicted molar refractivity (Wildman–Crippen MR) is 51.7 cm³/mol. The molecule has 0 saturated carbocycles. The topological polar surface area (TPSA) is 29.1 Å². The van der Waals surface area contributed by atoms with Crippen LogP contribution in [-0.2, 0) is 4.79 Å². The molecule has 1 saturated heterocycles. The first kappa shape index (κ1) is 11.9. The number of alkyl halides is 3. The van der Waals surface area contributed by atoms with Crippen LogP contribution in [0.15, 0.2) is 24.3 Å². The van der Waals surface area contributed by atoms with Crippen LogP contribution in [0, 0.1) is 5.82 Å². The molecule has 1 N–H and O–H groups in total. The molecule has 92 valence electrons. The Labute approximate surface area is 94.6 Å². The fourth-order valence-electron chi connectivity index (χ4n) is 1.80. The van der Waals surface area contributed by atoms with E-state index in [1.807, 2.05) is 5.32 Å². The average Bonchev–Trinajstić information content (AvgIpc) is 2.24. The lowest BCUT2D eigenvalue weighted by Gasteiger charge is -2.33. The first-order valence-electron chi connectivity index (χ1n) is 4.98. The van der Waals surface area contributed by atoms with Crippen molar-refractivity contribution in [3.63, 3.8) is 0 Å². The number of carbonyl (C=O) groups excluding carboxylic acids is 1. The van der Waals surface area contributed by atoms with Crippen molar-refractivity contribution >= 4 is 5.91 Å². The lowest BCUT2D eigenvalue weighted by Crippen LogP contribution is -2.51. The normalized spacial score (nSPS) is 27.6. The molecule has 2 atom stereocenters. The smallest absolute Gasteiger partial charge is 0.275 e. The monoisotopic (exact) mass is 247 g/mol. The van der Waals surface area contributed by atoms with Crippen LogP contribution < -0.4 is 5.32 Å². The summed E-state index contributed by atoms with van der Waals surface area (Å²) >= 11 is 0. The molecule has 17 heavy (non-hydrogen) atoms. The molecule has 1 heterocycles. The van der Waals surface area contributed by atoms with Gasteiger partial charge in [0, 0.05) is 5.56 Å². The van der Waals surface area contributed by atoms with Gasteiger partial charge in [-0.25, -0.2) is 17.6 Å². The van der Waals surface area contributed by atoms with Gasteiger partial charge in [0.15, 0.2) is 6.17 Å². The molecule has 2 rings (SSSR count). The molecule has 0 radical (unpaired) electrons. The number of piperidine rings is 1. The van der Waals surface area contributed by atoms with Gasteiger partial charge < -0.3 is 5.32 Å². The molecule has 1 aromatic rings. The maximum atomic E-state index is 13.5. The van der Waals surface area contributed by atoms with E-state index in [1.165, 1.54) is 12.1 Å². The fraction of sp³-hybridized carbons (Fsp3) is 0.364. The van der Waals surface area contributed by atoms with Gasteiger partial charge in [0.25, 0.3) is 11.8 Å². The number of amides is 1.